The lowest BCUT2D eigenvalue weighted by atomic mass is 10.7. The van der Waals surface area contributed by atoms with Crippen molar-refractivity contribution in [2.45, 2.75) is 0 Å². The molecule has 0 atom stereocenters. The Labute approximate surface area is 75.1 Å². The second-order valence-electron chi connectivity index (χ2n) is 2.39. The molecule has 13 heavy (non-hydrogen) atoms. The van der Waals surface area contributed by atoms with Gasteiger partial charge in [0.1, 0.15) is 0 Å². The van der Waals surface area contributed by atoms with E-state index >= 15 is 0 Å². The standard InChI is InChI=1S/C5H7N5O2S/c1-10(2)13(11,12)5-4(9-6)7-3-8-5/h3H,1-2H3. The van der Waals surface area contributed by atoms with Crippen LogP contribution in [0, 0.1) is 0 Å². The zero-order chi connectivity index (χ0) is 10.1. The predicted octanol–water partition coefficient (Wildman–Crippen LogP) is -1.05. The van der Waals surface area contributed by atoms with Gasteiger partial charge < -0.3 is 10.3 Å². The van der Waals surface area contributed by atoms with Gasteiger partial charge in [-0.15, -0.1) is 0 Å². The van der Waals surface area contributed by atoms with Crippen LogP contribution in [-0.2, 0) is 10.0 Å². The van der Waals surface area contributed by atoms with Crippen LogP contribution in [0.5, 0.6) is 0 Å². The quantitative estimate of drug-likeness (QED) is 0.399. The molecule has 70 valence electrons. The molecule has 0 unspecified atom stereocenters. The van der Waals surface area contributed by atoms with E-state index < -0.39 is 10.0 Å². The van der Waals surface area contributed by atoms with Crippen molar-refractivity contribution < 1.29 is 13.2 Å². The number of sulfonamides is 1. The van der Waals surface area contributed by atoms with E-state index in [0.717, 1.165) is 10.6 Å². The second-order valence-corrected chi connectivity index (χ2v) is 4.46. The number of hydrogen-bond donors (Lipinski definition) is 0. The largest absolute Gasteiger partial charge is 0.497 e. The number of hydrogen-bond acceptors (Lipinski definition) is 3. The maximum atomic E-state index is 11.4. The molecule has 0 aromatic rings. The number of amidine groups is 1. The third kappa shape index (κ3) is 1.55. The first kappa shape index (κ1) is 9.72. The maximum Gasteiger partial charge on any atom is 0.442 e. The fraction of sp³-hybridized carbons (Fsp3) is 0.400. The van der Waals surface area contributed by atoms with Gasteiger partial charge in [0, 0.05) is 14.1 Å². The minimum absolute atomic E-state index is 0.297. The van der Waals surface area contributed by atoms with Crippen LogP contribution in [0.25, 0.3) is 5.53 Å². The number of nitrogens with zero attached hydrogens (tertiary/aromatic N) is 5. The summed E-state index contributed by atoms with van der Waals surface area (Å²) in [5.41, 5.74) is 8.39. The normalized spacial score (nSPS) is 16.2. The first-order chi connectivity index (χ1) is 6.00. The van der Waals surface area contributed by atoms with E-state index in [4.69, 9.17) is 5.53 Å². The van der Waals surface area contributed by atoms with Crippen LogP contribution >= 0.6 is 0 Å². The van der Waals surface area contributed by atoms with Gasteiger partial charge in [-0.25, -0.2) is 12.7 Å². The van der Waals surface area contributed by atoms with Gasteiger partial charge in [-0.2, -0.15) is 4.99 Å². The van der Waals surface area contributed by atoms with E-state index in [9.17, 15) is 8.42 Å². The van der Waals surface area contributed by atoms with Crippen LogP contribution < -0.4 is 0 Å². The Balaban J connectivity index is 3.21. The van der Waals surface area contributed by atoms with Crippen molar-refractivity contribution in [2.75, 3.05) is 14.1 Å². The second kappa shape index (κ2) is 3.17. The van der Waals surface area contributed by atoms with Crippen LogP contribution in [0.15, 0.2) is 9.98 Å². The molecule has 0 aromatic heterocycles. The molecule has 0 aliphatic carbocycles. The zero-order valence-electron chi connectivity index (χ0n) is 7.04. The van der Waals surface area contributed by atoms with Crippen LogP contribution in [0.4, 0.5) is 0 Å². The summed E-state index contributed by atoms with van der Waals surface area (Å²) in [5.74, 6) is -0.297. The fourth-order valence-corrected chi connectivity index (χ4v) is 1.52. The minimum atomic E-state index is -3.67. The van der Waals surface area contributed by atoms with Crippen molar-refractivity contribution in [3.05, 3.63) is 5.53 Å². The third-order valence-electron chi connectivity index (χ3n) is 1.37. The van der Waals surface area contributed by atoms with Crippen LogP contribution in [0.1, 0.15) is 0 Å². The van der Waals surface area contributed by atoms with Gasteiger partial charge in [-0.05, 0) is 4.99 Å². The molecule has 0 aromatic carbocycles. The Morgan fingerprint density at radius 1 is 1.54 bits per heavy atom. The van der Waals surface area contributed by atoms with Crippen molar-refractivity contribution in [3.8, 4) is 0 Å². The SMILES string of the molecule is CN(C)S(=O)(=O)C1=NC=NC1=[N+]=[N-]. The van der Waals surface area contributed by atoms with Crippen molar-refractivity contribution in [2.24, 2.45) is 9.98 Å². The fourth-order valence-electron chi connectivity index (χ4n) is 0.672. The smallest absolute Gasteiger partial charge is 0.442 e. The Kier molecular flexibility index (Phi) is 2.37. The van der Waals surface area contributed by atoms with Gasteiger partial charge in [-0.3, -0.25) is 0 Å². The molecular weight excluding hydrogens is 194 g/mol. The van der Waals surface area contributed by atoms with E-state index in [2.05, 4.69) is 14.8 Å². The van der Waals surface area contributed by atoms with Gasteiger partial charge >= 0.3 is 5.84 Å². The molecule has 0 fully saturated rings. The summed E-state index contributed by atoms with van der Waals surface area (Å²) >= 11 is 0. The lowest BCUT2D eigenvalue weighted by molar-refractivity contribution is -0.00255. The van der Waals surface area contributed by atoms with Gasteiger partial charge in [-0.1, -0.05) is 0 Å². The molecule has 0 amide bonds. The Hall–Kier alpha value is -1.37. The van der Waals surface area contributed by atoms with Gasteiger partial charge in [0.2, 0.25) is 6.34 Å². The maximum absolute atomic E-state index is 11.4. The van der Waals surface area contributed by atoms with E-state index in [1.165, 1.54) is 14.1 Å². The molecule has 0 bridgehead atoms. The number of aliphatic imine (C=N–C) groups is 2. The summed E-state index contributed by atoms with van der Waals surface area (Å²) in [5, 5.41) is -0.347. The molecule has 0 N–H and O–H groups in total. The van der Waals surface area contributed by atoms with Crippen LogP contribution in [0.2, 0.25) is 0 Å². The monoisotopic (exact) mass is 201 g/mol. The van der Waals surface area contributed by atoms with Gasteiger partial charge in [0.15, 0.2) is 0 Å². The summed E-state index contributed by atoms with van der Waals surface area (Å²) in [6.07, 6.45) is 1.02. The summed E-state index contributed by atoms with van der Waals surface area (Å²) in [6, 6.07) is 0. The molecule has 1 rings (SSSR count). The predicted molar refractivity (Wildman–Crippen MR) is 47.2 cm³/mol. The Morgan fingerprint density at radius 3 is 2.62 bits per heavy atom. The van der Waals surface area contributed by atoms with E-state index in [1.807, 2.05) is 0 Å². The molecular formula is C5H7N5O2S. The summed E-state index contributed by atoms with van der Waals surface area (Å²) in [7, 11) is -0.966. The first-order valence-electron chi connectivity index (χ1n) is 3.25. The Bertz CT molecular complexity index is 426. The van der Waals surface area contributed by atoms with Crippen molar-refractivity contribution >= 4 is 27.2 Å². The van der Waals surface area contributed by atoms with Crippen molar-refractivity contribution in [1.82, 2.24) is 4.31 Å². The van der Waals surface area contributed by atoms with Gasteiger partial charge in [0.05, 0.1) is 0 Å². The summed E-state index contributed by atoms with van der Waals surface area (Å²) < 4.78 is 23.8. The van der Waals surface area contributed by atoms with E-state index in [0.29, 0.717) is 0 Å². The summed E-state index contributed by atoms with van der Waals surface area (Å²) in [4.78, 5) is 9.63. The summed E-state index contributed by atoms with van der Waals surface area (Å²) in [6.45, 7) is 0. The molecule has 0 radical (unpaired) electrons. The highest BCUT2D eigenvalue weighted by atomic mass is 32.2. The van der Waals surface area contributed by atoms with Crippen LogP contribution in [-0.4, -0.2) is 48.8 Å². The third-order valence-corrected chi connectivity index (χ3v) is 3.10. The highest BCUT2D eigenvalue weighted by Crippen LogP contribution is 2.03. The zero-order valence-corrected chi connectivity index (χ0v) is 7.85. The average molecular weight is 201 g/mol. The van der Waals surface area contributed by atoms with Crippen molar-refractivity contribution in [1.29, 1.82) is 0 Å². The highest BCUT2D eigenvalue weighted by Gasteiger charge is 2.36. The van der Waals surface area contributed by atoms with Crippen LogP contribution in [0.3, 0.4) is 0 Å². The van der Waals surface area contributed by atoms with E-state index in [-0.39, 0.29) is 10.9 Å². The highest BCUT2D eigenvalue weighted by molar-refractivity contribution is 8.06. The van der Waals surface area contributed by atoms with Gasteiger partial charge in [0.25, 0.3) is 15.1 Å². The molecule has 1 heterocycles. The molecule has 7 nitrogen and oxygen atoms in total. The molecule has 0 saturated heterocycles. The lowest BCUT2D eigenvalue weighted by Gasteiger charge is -2.06. The number of rotatable bonds is 1. The molecule has 8 heteroatoms. The van der Waals surface area contributed by atoms with E-state index in [1.54, 1.807) is 0 Å². The topological polar surface area (TPSA) is 98.5 Å². The average Bonchev–Trinajstić information content (AvgIpc) is 2.51. The minimum Gasteiger partial charge on any atom is -0.497 e. The molecule has 1 aliphatic rings. The Morgan fingerprint density at radius 2 is 2.15 bits per heavy atom. The molecule has 0 spiro atoms. The first-order valence-corrected chi connectivity index (χ1v) is 4.69. The molecule has 0 saturated carbocycles. The molecule has 1 aliphatic heterocycles. The lowest BCUT2D eigenvalue weighted by Crippen LogP contribution is -2.33. The van der Waals surface area contributed by atoms with Crippen molar-refractivity contribution in [3.63, 3.8) is 0 Å².